The van der Waals surface area contributed by atoms with Gasteiger partial charge in [0.15, 0.2) is 0 Å². The van der Waals surface area contributed by atoms with Gasteiger partial charge >= 0.3 is 5.97 Å². The van der Waals surface area contributed by atoms with Gasteiger partial charge in [0.25, 0.3) is 0 Å². The summed E-state index contributed by atoms with van der Waals surface area (Å²) in [7, 11) is 1.80. The van der Waals surface area contributed by atoms with Gasteiger partial charge < -0.3 is 19.3 Å². The number of nitrogens with zero attached hydrogens (tertiary/aromatic N) is 2. The van der Waals surface area contributed by atoms with Gasteiger partial charge in [-0.15, -0.1) is 0 Å². The number of amides is 1. The summed E-state index contributed by atoms with van der Waals surface area (Å²) in [6.07, 6.45) is 5.45. The van der Waals surface area contributed by atoms with Crippen LogP contribution < -0.4 is 4.74 Å². The van der Waals surface area contributed by atoms with E-state index in [-0.39, 0.29) is 18.0 Å². The molecule has 3 aromatic carbocycles. The Bertz CT molecular complexity index is 1420. The topological polar surface area (TPSA) is 71.8 Å². The maximum atomic E-state index is 13.1. The first kappa shape index (κ1) is 25.5. The number of carbonyl (C=O) groups is 2. The number of hydrogen-bond acceptors (Lipinski definition) is 3. The number of likely N-dealkylation sites (N-methyl/N-ethyl adjacent to an activating group) is 1. The van der Waals surface area contributed by atoms with Crippen molar-refractivity contribution in [3.05, 3.63) is 120 Å². The molecule has 0 fully saturated rings. The molecule has 6 nitrogen and oxygen atoms in total. The van der Waals surface area contributed by atoms with Crippen LogP contribution >= 0.6 is 0 Å². The van der Waals surface area contributed by atoms with Crippen LogP contribution in [0.4, 0.5) is 0 Å². The van der Waals surface area contributed by atoms with E-state index in [9.17, 15) is 14.7 Å². The third-order valence-electron chi connectivity index (χ3n) is 6.22. The number of carboxylic acid groups (broad SMARTS) is 1. The van der Waals surface area contributed by atoms with E-state index in [1.165, 1.54) is 11.6 Å². The predicted molar refractivity (Wildman–Crippen MR) is 146 cm³/mol. The number of carbonyl (C=O) groups excluding carboxylic acids is 1. The number of fused-ring (bicyclic) bond motifs is 1. The van der Waals surface area contributed by atoms with E-state index in [1.54, 1.807) is 24.2 Å². The van der Waals surface area contributed by atoms with Crippen LogP contribution in [0.1, 0.15) is 16.7 Å². The molecule has 0 unspecified atom stereocenters. The third kappa shape index (κ3) is 6.55. The molecule has 0 aliphatic heterocycles. The standard InChI is InChI=1S/C31H30N2O4/c1-3-25(31(35)36)18-26-20-33(21-30(34)32(2)17-16-23-10-6-4-7-11-23)29-15-14-27(19-28(26)29)37-22-24-12-8-5-9-13-24/h3-15,18-20H,1,16-17,21-22H2,2H3,(H,35,36)/b25-18+. The molecule has 1 N–H and O–H groups in total. The minimum atomic E-state index is -1.07. The minimum Gasteiger partial charge on any atom is -0.489 e. The Kier molecular flexibility index (Phi) is 8.21. The molecule has 6 heteroatoms. The smallest absolute Gasteiger partial charge is 0.335 e. The molecule has 1 amide bonds. The number of aromatic nitrogens is 1. The molecule has 1 aromatic heterocycles. The molecular weight excluding hydrogens is 464 g/mol. The summed E-state index contributed by atoms with van der Waals surface area (Å²) in [6, 6.07) is 25.6. The maximum absolute atomic E-state index is 13.1. The molecule has 4 aromatic rings. The maximum Gasteiger partial charge on any atom is 0.335 e. The molecule has 4 rings (SSSR count). The lowest BCUT2D eigenvalue weighted by molar-refractivity contribution is -0.132. The predicted octanol–water partition coefficient (Wildman–Crippen LogP) is 5.58. The summed E-state index contributed by atoms with van der Waals surface area (Å²) in [4.78, 5) is 26.4. The van der Waals surface area contributed by atoms with Gasteiger partial charge in [0.2, 0.25) is 5.91 Å². The fourth-order valence-electron chi connectivity index (χ4n) is 4.09. The number of carboxylic acids is 1. The average molecular weight is 495 g/mol. The summed E-state index contributed by atoms with van der Waals surface area (Å²) in [6.45, 7) is 4.77. The van der Waals surface area contributed by atoms with E-state index < -0.39 is 5.97 Å². The van der Waals surface area contributed by atoms with E-state index in [1.807, 2.05) is 83.4 Å². The Hall–Kier alpha value is -4.58. The second-order valence-corrected chi connectivity index (χ2v) is 8.83. The lowest BCUT2D eigenvalue weighted by Crippen LogP contribution is -2.31. The Morgan fingerprint density at radius 3 is 2.32 bits per heavy atom. The van der Waals surface area contributed by atoms with Crippen molar-refractivity contribution in [2.75, 3.05) is 13.6 Å². The van der Waals surface area contributed by atoms with E-state index in [4.69, 9.17) is 4.74 Å². The first-order valence-electron chi connectivity index (χ1n) is 12.1. The van der Waals surface area contributed by atoms with E-state index in [0.29, 0.717) is 24.5 Å². The molecule has 0 saturated carbocycles. The summed E-state index contributed by atoms with van der Waals surface area (Å²) in [5.74, 6) is -0.440. The van der Waals surface area contributed by atoms with Crippen LogP contribution in [0, 0.1) is 0 Å². The van der Waals surface area contributed by atoms with Crippen LogP contribution in [-0.4, -0.2) is 40.0 Å². The molecule has 37 heavy (non-hydrogen) atoms. The van der Waals surface area contributed by atoms with Crippen molar-refractivity contribution in [1.29, 1.82) is 0 Å². The van der Waals surface area contributed by atoms with Crippen molar-refractivity contribution in [1.82, 2.24) is 9.47 Å². The summed E-state index contributed by atoms with van der Waals surface area (Å²) >= 11 is 0. The van der Waals surface area contributed by atoms with Crippen molar-refractivity contribution in [2.45, 2.75) is 19.6 Å². The Morgan fingerprint density at radius 1 is 1.00 bits per heavy atom. The number of aliphatic carboxylic acids is 1. The summed E-state index contributed by atoms with van der Waals surface area (Å²) in [5.41, 5.74) is 3.79. The zero-order valence-electron chi connectivity index (χ0n) is 20.8. The first-order chi connectivity index (χ1) is 17.9. The van der Waals surface area contributed by atoms with Crippen LogP contribution in [0.3, 0.4) is 0 Å². The van der Waals surface area contributed by atoms with E-state index in [0.717, 1.165) is 22.9 Å². The Labute approximate surface area is 216 Å². The van der Waals surface area contributed by atoms with Gasteiger partial charge in [0.05, 0.1) is 5.57 Å². The minimum absolute atomic E-state index is 0.0325. The highest BCUT2D eigenvalue weighted by molar-refractivity contribution is 6.00. The number of benzene rings is 3. The van der Waals surface area contributed by atoms with Crippen LogP contribution in [0.5, 0.6) is 5.75 Å². The number of ether oxygens (including phenoxy) is 1. The first-order valence-corrected chi connectivity index (χ1v) is 12.1. The molecular formula is C31H30N2O4. The van der Waals surface area contributed by atoms with E-state index >= 15 is 0 Å². The van der Waals surface area contributed by atoms with E-state index in [2.05, 4.69) is 6.58 Å². The van der Waals surface area contributed by atoms with Crippen molar-refractivity contribution >= 4 is 28.9 Å². The lowest BCUT2D eigenvalue weighted by Gasteiger charge is -2.18. The fourth-order valence-corrected chi connectivity index (χ4v) is 4.09. The molecule has 1 heterocycles. The van der Waals surface area contributed by atoms with Gasteiger partial charge in [-0.1, -0.05) is 73.3 Å². The fraction of sp³-hybridized carbons (Fsp3) is 0.161. The van der Waals surface area contributed by atoms with Crippen molar-refractivity contribution in [3.63, 3.8) is 0 Å². The average Bonchev–Trinajstić information content (AvgIpc) is 3.26. The van der Waals surface area contributed by atoms with Crippen LogP contribution in [0.25, 0.3) is 17.0 Å². The van der Waals surface area contributed by atoms with Gasteiger partial charge in [-0.05, 0) is 41.8 Å². The molecule has 0 aliphatic carbocycles. The van der Waals surface area contributed by atoms with Gasteiger partial charge in [-0.25, -0.2) is 4.79 Å². The zero-order valence-corrected chi connectivity index (χ0v) is 20.8. The molecule has 0 atom stereocenters. The van der Waals surface area contributed by atoms with Crippen molar-refractivity contribution in [3.8, 4) is 5.75 Å². The molecule has 0 saturated heterocycles. The lowest BCUT2D eigenvalue weighted by atomic mass is 10.1. The molecule has 0 spiro atoms. The normalized spacial score (nSPS) is 11.3. The number of hydrogen-bond donors (Lipinski definition) is 1. The Morgan fingerprint density at radius 2 is 1.68 bits per heavy atom. The molecule has 0 bridgehead atoms. The van der Waals surface area contributed by atoms with Crippen molar-refractivity contribution < 1.29 is 19.4 Å². The highest BCUT2D eigenvalue weighted by Crippen LogP contribution is 2.29. The summed E-state index contributed by atoms with van der Waals surface area (Å²) in [5, 5.41) is 10.3. The SMILES string of the molecule is C=C/C(=C\c1cn(CC(=O)N(C)CCc2ccccc2)c2ccc(OCc3ccccc3)cc12)C(=O)O. The second kappa shape index (κ2) is 11.9. The zero-order chi connectivity index (χ0) is 26.2. The summed E-state index contributed by atoms with van der Waals surface area (Å²) < 4.78 is 7.85. The quantitative estimate of drug-likeness (QED) is 0.218. The van der Waals surface area contributed by atoms with Crippen LogP contribution in [0.2, 0.25) is 0 Å². The molecule has 0 radical (unpaired) electrons. The highest BCUT2D eigenvalue weighted by atomic mass is 16.5. The van der Waals surface area contributed by atoms with Crippen molar-refractivity contribution in [2.24, 2.45) is 0 Å². The largest absolute Gasteiger partial charge is 0.489 e. The van der Waals surface area contributed by atoms with Gasteiger partial charge in [0, 0.05) is 36.3 Å². The Balaban J connectivity index is 1.58. The second-order valence-electron chi connectivity index (χ2n) is 8.83. The molecule has 0 aliphatic rings. The molecule has 188 valence electrons. The van der Waals surface area contributed by atoms with Crippen LogP contribution in [0.15, 0.2) is 103 Å². The monoisotopic (exact) mass is 494 g/mol. The highest BCUT2D eigenvalue weighted by Gasteiger charge is 2.15. The third-order valence-corrected chi connectivity index (χ3v) is 6.22. The van der Waals surface area contributed by atoms with Crippen LogP contribution in [-0.2, 0) is 29.2 Å². The van der Waals surface area contributed by atoms with Gasteiger partial charge in [-0.2, -0.15) is 0 Å². The van der Waals surface area contributed by atoms with Gasteiger partial charge in [0.1, 0.15) is 18.9 Å². The van der Waals surface area contributed by atoms with Gasteiger partial charge in [-0.3, -0.25) is 4.79 Å². The number of rotatable bonds is 11.